The fourth-order valence-electron chi connectivity index (χ4n) is 4.87. The van der Waals surface area contributed by atoms with Gasteiger partial charge in [-0.3, -0.25) is 4.79 Å². The van der Waals surface area contributed by atoms with E-state index in [9.17, 15) is 4.79 Å². The molecule has 4 aromatic rings. The summed E-state index contributed by atoms with van der Waals surface area (Å²) in [4.78, 5) is 30.4. The highest BCUT2D eigenvalue weighted by molar-refractivity contribution is 8.00. The van der Waals surface area contributed by atoms with E-state index in [1.807, 2.05) is 0 Å². The van der Waals surface area contributed by atoms with E-state index in [0.717, 1.165) is 70.4 Å². The van der Waals surface area contributed by atoms with Crippen molar-refractivity contribution in [1.82, 2.24) is 15.0 Å². The maximum Gasteiger partial charge on any atom is 0.234 e. The maximum atomic E-state index is 12.7. The summed E-state index contributed by atoms with van der Waals surface area (Å²) in [5.41, 5.74) is 4.21. The maximum absolute atomic E-state index is 12.7. The number of hydrogen-bond acceptors (Lipinski definition) is 8. The number of benzene rings is 1. The lowest BCUT2D eigenvalue weighted by Crippen LogP contribution is -2.37. The molecule has 1 aliphatic heterocycles. The summed E-state index contributed by atoms with van der Waals surface area (Å²) in [6.45, 7) is 3.19. The molecule has 6 rings (SSSR count). The van der Waals surface area contributed by atoms with Gasteiger partial charge >= 0.3 is 0 Å². The minimum absolute atomic E-state index is 0.165. The molecular formula is C25H23Cl2N5O2S2. The number of nitrogens with zero attached hydrogens (tertiary/aromatic N) is 4. The van der Waals surface area contributed by atoms with Gasteiger partial charge in [0.2, 0.25) is 5.91 Å². The fourth-order valence-corrected chi connectivity index (χ4v) is 7.36. The predicted molar refractivity (Wildman–Crippen MR) is 148 cm³/mol. The number of halogens is 2. The number of pyridine rings is 1. The van der Waals surface area contributed by atoms with E-state index >= 15 is 0 Å². The number of ether oxygens (including phenoxy) is 1. The van der Waals surface area contributed by atoms with Crippen LogP contribution in [-0.4, -0.2) is 52.9 Å². The van der Waals surface area contributed by atoms with Crippen LogP contribution in [0.4, 0.5) is 11.5 Å². The van der Waals surface area contributed by atoms with Gasteiger partial charge in [0.05, 0.1) is 39.9 Å². The minimum atomic E-state index is -0.165. The molecule has 1 saturated heterocycles. The van der Waals surface area contributed by atoms with Crippen molar-refractivity contribution in [3.05, 3.63) is 45.7 Å². The molecule has 4 heterocycles. The number of rotatable bonds is 5. The second kappa shape index (κ2) is 10.3. The van der Waals surface area contributed by atoms with Crippen LogP contribution >= 0.6 is 46.3 Å². The van der Waals surface area contributed by atoms with Crippen molar-refractivity contribution in [2.24, 2.45) is 0 Å². The Morgan fingerprint density at radius 1 is 1.14 bits per heavy atom. The molecule has 0 saturated carbocycles. The average Bonchev–Trinajstić information content (AvgIpc) is 3.28. The van der Waals surface area contributed by atoms with Crippen molar-refractivity contribution in [1.29, 1.82) is 0 Å². The van der Waals surface area contributed by atoms with Crippen LogP contribution in [0.15, 0.2) is 29.6 Å². The topological polar surface area (TPSA) is 80.2 Å². The standard InChI is InChI=1S/C25H23Cl2N5O2S2/c26-14-5-6-18(17(27)11-14)30-19(33)12-35-25-22-21(28-13-29-25)20-15-3-1-2-4-16(15)23(31-24(20)36-22)32-7-9-34-10-8-32/h5-6,11,13H,1-4,7-10,12H2,(H,30,33). The van der Waals surface area contributed by atoms with Crippen molar-refractivity contribution in [2.75, 3.05) is 42.3 Å². The third-order valence-corrected chi connectivity index (χ3v) is 9.27. The van der Waals surface area contributed by atoms with E-state index in [-0.39, 0.29) is 11.7 Å². The van der Waals surface area contributed by atoms with Crippen LogP contribution in [0.25, 0.3) is 20.4 Å². The van der Waals surface area contributed by atoms with Gasteiger partial charge < -0.3 is 15.0 Å². The number of carbonyl (C=O) groups is 1. The molecule has 1 fully saturated rings. The lowest BCUT2D eigenvalue weighted by atomic mass is 9.90. The van der Waals surface area contributed by atoms with Crippen molar-refractivity contribution in [3.63, 3.8) is 0 Å². The minimum Gasteiger partial charge on any atom is -0.378 e. The van der Waals surface area contributed by atoms with Gasteiger partial charge in [-0.1, -0.05) is 35.0 Å². The van der Waals surface area contributed by atoms with Crippen molar-refractivity contribution in [2.45, 2.75) is 30.7 Å². The number of nitrogens with one attached hydrogen (secondary N) is 1. The molecule has 1 N–H and O–H groups in total. The Labute approximate surface area is 226 Å². The Morgan fingerprint density at radius 3 is 2.75 bits per heavy atom. The van der Waals surface area contributed by atoms with E-state index in [4.69, 9.17) is 32.9 Å². The molecule has 1 aromatic carbocycles. The molecule has 1 aliphatic carbocycles. The van der Waals surface area contributed by atoms with Gasteiger partial charge in [0, 0.05) is 23.5 Å². The molecule has 0 radical (unpaired) electrons. The van der Waals surface area contributed by atoms with Gasteiger partial charge in [0.25, 0.3) is 0 Å². The highest BCUT2D eigenvalue weighted by Gasteiger charge is 2.26. The van der Waals surface area contributed by atoms with Crippen LogP contribution in [-0.2, 0) is 22.4 Å². The monoisotopic (exact) mass is 559 g/mol. The predicted octanol–water partition coefficient (Wildman–Crippen LogP) is 5.99. The van der Waals surface area contributed by atoms with Gasteiger partial charge in [-0.2, -0.15) is 0 Å². The molecule has 2 aliphatic rings. The van der Waals surface area contributed by atoms with Gasteiger partial charge in [-0.15, -0.1) is 11.3 Å². The second-order valence-corrected chi connectivity index (χ2v) is 11.6. The Bertz CT molecular complexity index is 1470. The van der Waals surface area contributed by atoms with E-state index in [1.54, 1.807) is 35.9 Å². The summed E-state index contributed by atoms with van der Waals surface area (Å²) < 4.78 is 6.56. The van der Waals surface area contributed by atoms with Crippen LogP contribution in [0.3, 0.4) is 0 Å². The Balaban J connectivity index is 1.32. The summed E-state index contributed by atoms with van der Waals surface area (Å²) in [5, 5.41) is 5.72. The fraction of sp³-hybridized carbons (Fsp3) is 0.360. The molecule has 0 unspecified atom stereocenters. The molecular weight excluding hydrogens is 537 g/mol. The number of aromatic nitrogens is 3. The zero-order valence-corrected chi connectivity index (χ0v) is 22.5. The van der Waals surface area contributed by atoms with Crippen LogP contribution in [0, 0.1) is 0 Å². The second-order valence-electron chi connectivity index (χ2n) is 8.80. The zero-order valence-electron chi connectivity index (χ0n) is 19.4. The number of morpholine rings is 1. The number of hydrogen-bond donors (Lipinski definition) is 1. The van der Waals surface area contributed by atoms with Crippen LogP contribution in [0.2, 0.25) is 10.0 Å². The molecule has 7 nitrogen and oxygen atoms in total. The third kappa shape index (κ3) is 4.63. The van der Waals surface area contributed by atoms with Crippen LogP contribution in [0.1, 0.15) is 24.0 Å². The molecule has 1 amide bonds. The molecule has 36 heavy (non-hydrogen) atoms. The molecule has 0 spiro atoms. The number of amides is 1. The van der Waals surface area contributed by atoms with Crippen molar-refractivity contribution >= 4 is 84.1 Å². The number of anilines is 2. The molecule has 0 bridgehead atoms. The third-order valence-electron chi connectivity index (χ3n) is 6.52. The van der Waals surface area contributed by atoms with Gasteiger partial charge in [-0.25, -0.2) is 15.0 Å². The van der Waals surface area contributed by atoms with Gasteiger partial charge in [-0.05, 0) is 55.0 Å². The first-order valence-electron chi connectivity index (χ1n) is 11.9. The summed E-state index contributed by atoms with van der Waals surface area (Å²) in [5.74, 6) is 1.14. The lowest BCUT2D eigenvalue weighted by Gasteiger charge is -2.31. The normalized spacial score (nSPS) is 15.9. The quantitative estimate of drug-likeness (QED) is 0.237. The summed E-state index contributed by atoms with van der Waals surface area (Å²) in [6.07, 6.45) is 6.03. The summed E-state index contributed by atoms with van der Waals surface area (Å²) >= 11 is 15.2. The van der Waals surface area contributed by atoms with Gasteiger partial charge in [0.15, 0.2) is 0 Å². The van der Waals surface area contributed by atoms with Crippen LogP contribution in [0.5, 0.6) is 0 Å². The largest absolute Gasteiger partial charge is 0.378 e. The summed E-state index contributed by atoms with van der Waals surface area (Å²) in [6, 6.07) is 5.00. The first kappa shape index (κ1) is 24.2. The number of carbonyl (C=O) groups excluding carboxylic acids is 1. The van der Waals surface area contributed by atoms with Crippen molar-refractivity contribution in [3.8, 4) is 0 Å². The molecule has 186 valence electrons. The lowest BCUT2D eigenvalue weighted by molar-refractivity contribution is -0.113. The Morgan fingerprint density at radius 2 is 1.94 bits per heavy atom. The van der Waals surface area contributed by atoms with E-state index in [1.165, 1.54) is 35.7 Å². The summed E-state index contributed by atoms with van der Waals surface area (Å²) in [7, 11) is 0. The first-order chi connectivity index (χ1) is 17.6. The molecule has 0 atom stereocenters. The van der Waals surface area contributed by atoms with E-state index < -0.39 is 0 Å². The van der Waals surface area contributed by atoms with Gasteiger partial charge in [0.1, 0.15) is 22.0 Å². The Kier molecular flexibility index (Phi) is 6.92. The number of fused-ring (bicyclic) bond motifs is 5. The number of thioether (sulfide) groups is 1. The SMILES string of the molecule is O=C(CSc1ncnc2c1sc1nc(N3CCOCC3)c3c(c12)CCCC3)Nc1ccc(Cl)cc1Cl. The zero-order chi connectivity index (χ0) is 24.6. The van der Waals surface area contributed by atoms with E-state index in [0.29, 0.717) is 15.7 Å². The van der Waals surface area contributed by atoms with Crippen LogP contribution < -0.4 is 10.2 Å². The van der Waals surface area contributed by atoms with E-state index in [2.05, 4.69) is 20.2 Å². The smallest absolute Gasteiger partial charge is 0.234 e. The van der Waals surface area contributed by atoms with Crippen molar-refractivity contribution < 1.29 is 9.53 Å². The number of thiophene rings is 1. The Hall–Kier alpha value is -2.17. The highest BCUT2D eigenvalue weighted by Crippen LogP contribution is 2.43. The molecule has 3 aromatic heterocycles. The number of aryl methyl sites for hydroxylation is 1. The first-order valence-corrected chi connectivity index (χ1v) is 14.4. The highest BCUT2D eigenvalue weighted by atomic mass is 35.5. The average molecular weight is 561 g/mol. The molecule has 11 heteroatoms.